The van der Waals surface area contributed by atoms with Crippen molar-refractivity contribution < 1.29 is 0 Å². The van der Waals surface area contributed by atoms with Gasteiger partial charge in [-0.15, -0.1) is 0 Å². The Labute approximate surface area is 72.4 Å². The Morgan fingerprint density at radius 3 is 3.17 bits per heavy atom. The highest BCUT2D eigenvalue weighted by molar-refractivity contribution is 5.67. The lowest BCUT2D eigenvalue weighted by Crippen LogP contribution is -2.31. The van der Waals surface area contributed by atoms with Crippen molar-refractivity contribution >= 4 is 11.5 Å². The van der Waals surface area contributed by atoms with Gasteiger partial charge in [0.05, 0.1) is 5.69 Å². The van der Waals surface area contributed by atoms with Crippen molar-refractivity contribution in [2.24, 2.45) is 0 Å². The lowest BCUT2D eigenvalue weighted by molar-refractivity contribution is 0.859. The van der Waals surface area contributed by atoms with Crippen LogP contribution in [0, 0.1) is 6.92 Å². The zero-order valence-corrected chi connectivity index (χ0v) is 7.46. The second-order valence-corrected chi connectivity index (χ2v) is 3.17. The summed E-state index contributed by atoms with van der Waals surface area (Å²) < 4.78 is 0. The number of nitrogens with zero attached hydrogens (tertiary/aromatic N) is 2. The molecular formula is C9H13N3. The molecule has 1 aliphatic heterocycles. The molecule has 2 heterocycles. The zero-order valence-electron chi connectivity index (χ0n) is 7.46. The highest BCUT2D eigenvalue weighted by atomic mass is 15.2. The Balaban J connectivity index is 2.47. The predicted octanol–water partition coefficient (Wildman–Crippen LogP) is 1.25. The Kier molecular flexibility index (Phi) is 1.64. The van der Waals surface area contributed by atoms with E-state index in [0.717, 1.165) is 30.3 Å². The van der Waals surface area contributed by atoms with Crippen LogP contribution in [0.1, 0.15) is 5.69 Å². The van der Waals surface area contributed by atoms with E-state index in [9.17, 15) is 0 Å². The molecule has 0 radical (unpaired) electrons. The minimum Gasteiger partial charge on any atom is -0.380 e. The maximum absolute atomic E-state index is 4.46. The van der Waals surface area contributed by atoms with Crippen LogP contribution in [0.25, 0.3) is 0 Å². The average molecular weight is 163 g/mol. The van der Waals surface area contributed by atoms with E-state index in [1.807, 2.05) is 13.0 Å². The summed E-state index contributed by atoms with van der Waals surface area (Å²) >= 11 is 0. The molecule has 0 amide bonds. The number of likely N-dealkylation sites (N-methyl/N-ethyl adjacent to an activating group) is 1. The van der Waals surface area contributed by atoms with Gasteiger partial charge in [0.2, 0.25) is 0 Å². The first kappa shape index (κ1) is 7.40. The molecule has 1 N–H and O–H groups in total. The Morgan fingerprint density at radius 2 is 2.33 bits per heavy atom. The normalized spacial score (nSPS) is 15.3. The lowest BCUT2D eigenvalue weighted by Gasteiger charge is -2.27. The van der Waals surface area contributed by atoms with Gasteiger partial charge in [0.25, 0.3) is 0 Å². The summed E-state index contributed by atoms with van der Waals surface area (Å²) in [5, 5.41) is 3.32. The smallest absolute Gasteiger partial charge is 0.152 e. The van der Waals surface area contributed by atoms with Crippen LogP contribution in [-0.2, 0) is 0 Å². The van der Waals surface area contributed by atoms with E-state index in [1.54, 1.807) is 0 Å². The number of hydrogen-bond acceptors (Lipinski definition) is 3. The molecule has 3 heteroatoms. The molecule has 0 unspecified atom stereocenters. The van der Waals surface area contributed by atoms with Gasteiger partial charge in [-0.2, -0.15) is 0 Å². The van der Waals surface area contributed by atoms with Crippen LogP contribution in [0.5, 0.6) is 0 Å². The molecule has 12 heavy (non-hydrogen) atoms. The number of aromatic nitrogens is 1. The van der Waals surface area contributed by atoms with Gasteiger partial charge < -0.3 is 10.2 Å². The molecule has 0 saturated heterocycles. The third kappa shape index (κ3) is 1.11. The number of fused-ring (bicyclic) bond motifs is 1. The second-order valence-electron chi connectivity index (χ2n) is 3.17. The van der Waals surface area contributed by atoms with Gasteiger partial charge in [0, 0.05) is 25.8 Å². The van der Waals surface area contributed by atoms with Gasteiger partial charge in [-0.25, -0.2) is 4.98 Å². The van der Waals surface area contributed by atoms with Crippen LogP contribution < -0.4 is 10.2 Å². The molecule has 0 fully saturated rings. The summed E-state index contributed by atoms with van der Waals surface area (Å²) in [7, 11) is 2.08. The molecular weight excluding hydrogens is 150 g/mol. The Bertz CT molecular complexity index is 296. The van der Waals surface area contributed by atoms with E-state index in [4.69, 9.17) is 0 Å². The van der Waals surface area contributed by atoms with Crippen LogP contribution in [0.15, 0.2) is 12.1 Å². The second kappa shape index (κ2) is 2.66. The Morgan fingerprint density at radius 1 is 1.50 bits per heavy atom. The van der Waals surface area contributed by atoms with Crippen LogP contribution in [0.3, 0.4) is 0 Å². The number of nitrogens with one attached hydrogen (secondary N) is 1. The molecule has 1 aliphatic rings. The summed E-state index contributed by atoms with van der Waals surface area (Å²) in [5.74, 6) is 1.07. The first-order valence-electron chi connectivity index (χ1n) is 4.20. The fraction of sp³-hybridized carbons (Fsp3) is 0.444. The lowest BCUT2D eigenvalue weighted by atomic mass is 10.2. The number of hydrogen-bond donors (Lipinski definition) is 1. The van der Waals surface area contributed by atoms with Crippen molar-refractivity contribution in [3.63, 3.8) is 0 Å². The number of anilines is 2. The summed E-state index contributed by atoms with van der Waals surface area (Å²) in [6, 6.07) is 4.12. The standard InChI is InChI=1S/C9H13N3/c1-7-3-4-8-9(11-7)12(2)6-5-10-8/h3-4,10H,5-6H2,1-2H3. The number of aryl methyl sites for hydroxylation is 1. The molecule has 0 aromatic carbocycles. The summed E-state index contributed by atoms with van der Waals surface area (Å²) in [5.41, 5.74) is 2.22. The van der Waals surface area contributed by atoms with Crippen LogP contribution in [0.2, 0.25) is 0 Å². The summed E-state index contributed by atoms with van der Waals surface area (Å²) in [6.07, 6.45) is 0. The van der Waals surface area contributed by atoms with Crippen molar-refractivity contribution in [1.82, 2.24) is 4.98 Å². The van der Waals surface area contributed by atoms with Gasteiger partial charge in [-0.3, -0.25) is 0 Å². The highest BCUT2D eigenvalue weighted by Gasteiger charge is 2.13. The van der Waals surface area contributed by atoms with E-state index < -0.39 is 0 Å². The van der Waals surface area contributed by atoms with E-state index in [0.29, 0.717) is 0 Å². The SMILES string of the molecule is Cc1ccc2c(n1)N(C)CCN2. The van der Waals surface area contributed by atoms with Gasteiger partial charge in [-0.1, -0.05) is 0 Å². The minimum absolute atomic E-state index is 1.01. The monoisotopic (exact) mass is 163 g/mol. The third-order valence-electron chi connectivity index (χ3n) is 2.14. The molecule has 1 aromatic rings. The van der Waals surface area contributed by atoms with Crippen molar-refractivity contribution in [1.29, 1.82) is 0 Å². The third-order valence-corrected chi connectivity index (χ3v) is 2.14. The molecule has 1 aromatic heterocycles. The predicted molar refractivity (Wildman–Crippen MR) is 50.7 cm³/mol. The maximum Gasteiger partial charge on any atom is 0.152 e. The molecule has 0 saturated carbocycles. The van der Waals surface area contributed by atoms with E-state index in [1.165, 1.54) is 0 Å². The van der Waals surface area contributed by atoms with Crippen LogP contribution in [-0.4, -0.2) is 25.1 Å². The van der Waals surface area contributed by atoms with Crippen molar-refractivity contribution in [2.45, 2.75) is 6.92 Å². The number of pyridine rings is 1. The van der Waals surface area contributed by atoms with Gasteiger partial charge >= 0.3 is 0 Å². The van der Waals surface area contributed by atoms with E-state index in [2.05, 4.69) is 28.3 Å². The van der Waals surface area contributed by atoms with Gasteiger partial charge in [0.15, 0.2) is 5.82 Å². The van der Waals surface area contributed by atoms with Crippen LogP contribution >= 0.6 is 0 Å². The van der Waals surface area contributed by atoms with E-state index >= 15 is 0 Å². The molecule has 64 valence electrons. The van der Waals surface area contributed by atoms with Gasteiger partial charge in [-0.05, 0) is 19.1 Å². The highest BCUT2D eigenvalue weighted by Crippen LogP contribution is 2.24. The molecule has 0 bridgehead atoms. The molecule has 0 aliphatic carbocycles. The molecule has 3 nitrogen and oxygen atoms in total. The fourth-order valence-electron chi connectivity index (χ4n) is 1.44. The quantitative estimate of drug-likeness (QED) is 0.624. The van der Waals surface area contributed by atoms with Gasteiger partial charge in [0.1, 0.15) is 0 Å². The topological polar surface area (TPSA) is 28.2 Å². The molecule has 0 spiro atoms. The first-order chi connectivity index (χ1) is 5.77. The van der Waals surface area contributed by atoms with E-state index in [-0.39, 0.29) is 0 Å². The maximum atomic E-state index is 4.46. The van der Waals surface area contributed by atoms with Crippen molar-refractivity contribution in [3.05, 3.63) is 17.8 Å². The number of rotatable bonds is 0. The summed E-state index contributed by atoms with van der Waals surface area (Å²) in [4.78, 5) is 6.64. The zero-order chi connectivity index (χ0) is 8.55. The van der Waals surface area contributed by atoms with Crippen molar-refractivity contribution in [3.8, 4) is 0 Å². The first-order valence-corrected chi connectivity index (χ1v) is 4.20. The van der Waals surface area contributed by atoms with Crippen LogP contribution in [0.4, 0.5) is 11.5 Å². The fourth-order valence-corrected chi connectivity index (χ4v) is 1.44. The van der Waals surface area contributed by atoms with Crippen molar-refractivity contribution in [2.75, 3.05) is 30.4 Å². The largest absolute Gasteiger partial charge is 0.380 e. The Hall–Kier alpha value is -1.25. The molecule has 0 atom stereocenters. The molecule has 2 rings (SSSR count). The average Bonchev–Trinajstić information content (AvgIpc) is 2.07. The minimum atomic E-state index is 1.01. The summed E-state index contributed by atoms with van der Waals surface area (Å²) in [6.45, 7) is 4.06.